The molecule has 2 rings (SSSR count). The number of anilines is 2. The van der Waals surface area contributed by atoms with Crippen LogP contribution in [-0.2, 0) is 4.79 Å². The molecule has 0 saturated heterocycles. The van der Waals surface area contributed by atoms with E-state index in [0.29, 0.717) is 17.9 Å². The minimum absolute atomic E-state index is 0.356. The van der Waals surface area contributed by atoms with E-state index < -0.39 is 0 Å². The Morgan fingerprint density at radius 2 is 2.31 bits per heavy atom. The molecule has 0 bridgehead atoms. The zero-order valence-electron chi connectivity index (χ0n) is 8.22. The van der Waals surface area contributed by atoms with E-state index in [1.165, 1.54) is 0 Å². The summed E-state index contributed by atoms with van der Waals surface area (Å²) in [7, 11) is 0. The highest BCUT2D eigenvalue weighted by Crippen LogP contribution is 2.20. The Morgan fingerprint density at radius 1 is 1.50 bits per heavy atom. The molecule has 0 saturated carbocycles. The zero-order valence-corrected chi connectivity index (χ0v) is 9.81. The van der Waals surface area contributed by atoms with Crippen molar-refractivity contribution in [3.8, 4) is 5.69 Å². The summed E-state index contributed by atoms with van der Waals surface area (Å²) in [6.45, 7) is 0. The van der Waals surface area contributed by atoms with Crippen LogP contribution >= 0.6 is 15.9 Å². The predicted molar refractivity (Wildman–Crippen MR) is 65.4 cm³/mol. The third-order valence-electron chi connectivity index (χ3n) is 2.01. The lowest BCUT2D eigenvalue weighted by Crippen LogP contribution is -1.99. The summed E-state index contributed by atoms with van der Waals surface area (Å²) in [6.07, 6.45) is 2.19. The van der Waals surface area contributed by atoms with E-state index in [1.54, 1.807) is 10.9 Å². The number of halogens is 1. The molecule has 16 heavy (non-hydrogen) atoms. The molecule has 0 aliphatic heterocycles. The Balaban J connectivity index is 2.41. The van der Waals surface area contributed by atoms with Gasteiger partial charge in [-0.1, -0.05) is 22.0 Å². The number of carbonyl (C=O) groups excluding carboxylic acids is 1. The Bertz CT molecular complexity index is 523. The Morgan fingerprint density at radius 3 is 3.00 bits per heavy atom. The van der Waals surface area contributed by atoms with Crippen LogP contribution in [0.2, 0.25) is 0 Å². The number of rotatable bonds is 3. The van der Waals surface area contributed by atoms with E-state index in [-0.39, 0.29) is 0 Å². The van der Waals surface area contributed by atoms with Crippen LogP contribution in [0, 0.1) is 0 Å². The second-order valence-corrected chi connectivity index (χ2v) is 4.04. The van der Waals surface area contributed by atoms with Crippen LogP contribution < -0.4 is 11.1 Å². The lowest BCUT2D eigenvalue weighted by atomic mass is 10.3. The maximum atomic E-state index is 10.3. The van der Waals surface area contributed by atoms with Gasteiger partial charge in [0.2, 0.25) is 6.41 Å². The molecule has 1 aromatic heterocycles. The average molecular weight is 281 g/mol. The highest BCUT2D eigenvalue weighted by Gasteiger charge is 2.06. The van der Waals surface area contributed by atoms with Gasteiger partial charge in [-0.25, -0.2) is 4.68 Å². The van der Waals surface area contributed by atoms with Crippen molar-refractivity contribution in [2.75, 3.05) is 11.1 Å². The van der Waals surface area contributed by atoms with Crippen molar-refractivity contribution in [3.63, 3.8) is 0 Å². The van der Waals surface area contributed by atoms with E-state index in [2.05, 4.69) is 26.3 Å². The third-order valence-corrected chi connectivity index (χ3v) is 2.50. The topological polar surface area (TPSA) is 72.9 Å². The second-order valence-electron chi connectivity index (χ2n) is 3.12. The number of nitrogen functional groups attached to an aromatic ring is 1. The van der Waals surface area contributed by atoms with E-state index in [9.17, 15) is 4.79 Å². The van der Waals surface area contributed by atoms with Crippen LogP contribution in [0.15, 0.2) is 34.9 Å². The highest BCUT2D eigenvalue weighted by molar-refractivity contribution is 9.10. The van der Waals surface area contributed by atoms with Crippen molar-refractivity contribution >= 4 is 33.8 Å². The maximum Gasteiger partial charge on any atom is 0.212 e. The number of hydrogen-bond acceptors (Lipinski definition) is 3. The van der Waals surface area contributed by atoms with Crippen molar-refractivity contribution in [1.29, 1.82) is 0 Å². The third kappa shape index (κ3) is 2.06. The highest BCUT2D eigenvalue weighted by atomic mass is 79.9. The molecule has 1 heterocycles. The minimum atomic E-state index is 0.356. The summed E-state index contributed by atoms with van der Waals surface area (Å²) in [5, 5.41) is 6.57. The largest absolute Gasteiger partial charge is 0.394 e. The molecular weight excluding hydrogens is 272 g/mol. The summed E-state index contributed by atoms with van der Waals surface area (Å²) in [4.78, 5) is 10.3. The van der Waals surface area contributed by atoms with Gasteiger partial charge in [0, 0.05) is 4.47 Å². The van der Waals surface area contributed by atoms with E-state index in [0.717, 1.165) is 10.2 Å². The van der Waals surface area contributed by atoms with Crippen LogP contribution in [0.25, 0.3) is 5.69 Å². The van der Waals surface area contributed by atoms with Gasteiger partial charge in [0.15, 0.2) is 5.82 Å². The smallest absolute Gasteiger partial charge is 0.212 e. The number of carbonyl (C=O) groups is 1. The number of nitrogens with zero attached hydrogens (tertiary/aromatic N) is 2. The van der Waals surface area contributed by atoms with E-state index in [1.807, 2.05) is 24.3 Å². The number of aromatic nitrogens is 2. The molecule has 0 atom stereocenters. The van der Waals surface area contributed by atoms with Crippen molar-refractivity contribution in [2.45, 2.75) is 0 Å². The van der Waals surface area contributed by atoms with Gasteiger partial charge in [-0.05, 0) is 18.2 Å². The molecule has 0 unspecified atom stereocenters. The van der Waals surface area contributed by atoms with Crippen molar-refractivity contribution < 1.29 is 4.79 Å². The van der Waals surface area contributed by atoms with Gasteiger partial charge in [0.1, 0.15) is 0 Å². The molecule has 2 aromatic rings. The molecule has 82 valence electrons. The second kappa shape index (κ2) is 4.36. The number of amides is 1. The first-order valence-electron chi connectivity index (χ1n) is 4.52. The van der Waals surface area contributed by atoms with Gasteiger partial charge in [-0.15, -0.1) is 5.10 Å². The van der Waals surface area contributed by atoms with Gasteiger partial charge in [-0.2, -0.15) is 0 Å². The Kier molecular flexibility index (Phi) is 2.91. The first-order chi connectivity index (χ1) is 7.70. The normalized spacial score (nSPS) is 10.1. The van der Waals surface area contributed by atoms with E-state index >= 15 is 0 Å². The van der Waals surface area contributed by atoms with Crippen LogP contribution in [0.1, 0.15) is 0 Å². The Hall–Kier alpha value is -1.82. The summed E-state index contributed by atoms with van der Waals surface area (Å²) >= 11 is 3.37. The molecule has 0 spiro atoms. The molecule has 0 aliphatic carbocycles. The summed E-state index contributed by atoms with van der Waals surface area (Å²) < 4.78 is 2.55. The number of hydrogen-bond donors (Lipinski definition) is 2. The van der Waals surface area contributed by atoms with Crippen LogP contribution in [-0.4, -0.2) is 16.2 Å². The monoisotopic (exact) mass is 280 g/mol. The molecular formula is C10H9BrN4O. The number of benzene rings is 1. The predicted octanol–water partition coefficient (Wildman–Crippen LogP) is 1.79. The van der Waals surface area contributed by atoms with Crippen molar-refractivity contribution in [1.82, 2.24) is 9.78 Å². The zero-order chi connectivity index (χ0) is 11.5. The standard InChI is InChI=1S/C10H9BrN4O/c11-7-2-1-3-8(4-7)15-5-9(12)10(14-15)13-6-16/h1-6H,12H2,(H,13,14,16). The minimum Gasteiger partial charge on any atom is -0.394 e. The molecule has 0 fully saturated rings. The Labute approximate surface area is 100 Å². The van der Waals surface area contributed by atoms with Gasteiger partial charge >= 0.3 is 0 Å². The molecule has 1 aromatic carbocycles. The summed E-state index contributed by atoms with van der Waals surface area (Å²) in [5.41, 5.74) is 6.97. The van der Waals surface area contributed by atoms with Gasteiger partial charge < -0.3 is 11.1 Å². The number of nitrogens with one attached hydrogen (secondary N) is 1. The van der Waals surface area contributed by atoms with Gasteiger partial charge in [-0.3, -0.25) is 4.79 Å². The van der Waals surface area contributed by atoms with E-state index in [4.69, 9.17) is 5.73 Å². The van der Waals surface area contributed by atoms with Crippen LogP contribution in [0.5, 0.6) is 0 Å². The lowest BCUT2D eigenvalue weighted by Gasteiger charge is -2.00. The van der Waals surface area contributed by atoms with Crippen molar-refractivity contribution in [3.05, 3.63) is 34.9 Å². The SMILES string of the molecule is Nc1cn(-c2cccc(Br)c2)nc1NC=O. The van der Waals surface area contributed by atoms with Crippen LogP contribution in [0.3, 0.4) is 0 Å². The lowest BCUT2D eigenvalue weighted by molar-refractivity contribution is -0.105. The molecule has 3 N–H and O–H groups in total. The quantitative estimate of drug-likeness (QED) is 0.842. The maximum absolute atomic E-state index is 10.3. The summed E-state index contributed by atoms with van der Waals surface area (Å²) in [6, 6.07) is 7.60. The number of nitrogens with two attached hydrogens (primary N) is 1. The summed E-state index contributed by atoms with van der Waals surface area (Å²) in [5.74, 6) is 0.356. The first kappa shape index (κ1) is 10.7. The first-order valence-corrected chi connectivity index (χ1v) is 5.31. The fourth-order valence-corrected chi connectivity index (χ4v) is 1.69. The molecule has 5 nitrogen and oxygen atoms in total. The molecule has 1 amide bonds. The van der Waals surface area contributed by atoms with Crippen LogP contribution in [0.4, 0.5) is 11.5 Å². The van der Waals surface area contributed by atoms with Gasteiger partial charge in [0.25, 0.3) is 0 Å². The average Bonchev–Trinajstić information content (AvgIpc) is 2.61. The molecule has 6 heteroatoms. The molecule has 0 radical (unpaired) electrons. The fraction of sp³-hybridized carbons (Fsp3) is 0. The molecule has 0 aliphatic rings. The van der Waals surface area contributed by atoms with Gasteiger partial charge in [0.05, 0.1) is 17.6 Å². The van der Waals surface area contributed by atoms with Crippen molar-refractivity contribution in [2.24, 2.45) is 0 Å². The fourth-order valence-electron chi connectivity index (χ4n) is 1.31.